The zero-order valence-electron chi connectivity index (χ0n) is 11.6. The Morgan fingerprint density at radius 1 is 1.11 bits per heavy atom. The van der Waals surface area contributed by atoms with E-state index in [2.05, 4.69) is 0 Å². The summed E-state index contributed by atoms with van der Waals surface area (Å²) >= 11 is 0. The number of hydrogen-bond donors (Lipinski definition) is 0. The minimum Gasteiger partial charge on any atom is -0.461 e. The number of ether oxygens (including phenoxy) is 1. The molecule has 4 aliphatic carbocycles. The topological polar surface area (TPSA) is 26.3 Å². The van der Waals surface area contributed by atoms with Gasteiger partial charge in [-0.3, -0.25) is 4.79 Å². The molecule has 0 aromatic carbocycles. The molecule has 0 aliphatic heterocycles. The van der Waals surface area contributed by atoms with Crippen LogP contribution in [0, 0.1) is 23.2 Å². The Kier molecular flexibility index (Phi) is 2.99. The molecule has 4 fully saturated rings. The Labute approximate surface area is 110 Å². The van der Waals surface area contributed by atoms with E-state index in [-0.39, 0.29) is 11.4 Å². The molecule has 0 N–H and O–H groups in total. The maximum absolute atomic E-state index is 12.4. The van der Waals surface area contributed by atoms with Gasteiger partial charge in [-0.05, 0) is 76.2 Å². The van der Waals surface area contributed by atoms with Gasteiger partial charge in [0.25, 0.3) is 0 Å². The molecule has 4 saturated carbocycles. The molecule has 0 atom stereocenters. The van der Waals surface area contributed by atoms with E-state index in [1.807, 2.05) is 19.9 Å². The van der Waals surface area contributed by atoms with Crippen molar-refractivity contribution in [1.82, 2.24) is 0 Å². The van der Waals surface area contributed by atoms with E-state index in [1.54, 1.807) is 0 Å². The van der Waals surface area contributed by atoms with Crippen LogP contribution in [0.2, 0.25) is 0 Å². The summed E-state index contributed by atoms with van der Waals surface area (Å²) in [5.41, 5.74) is 1.12. The lowest BCUT2D eigenvalue weighted by Crippen LogP contribution is -2.50. The van der Waals surface area contributed by atoms with Gasteiger partial charge in [0.1, 0.15) is 6.61 Å². The highest BCUT2D eigenvalue weighted by Crippen LogP contribution is 2.60. The van der Waals surface area contributed by atoms with Crippen molar-refractivity contribution in [3.8, 4) is 0 Å². The summed E-state index contributed by atoms with van der Waals surface area (Å²) in [6, 6.07) is 0. The first-order valence-corrected chi connectivity index (χ1v) is 7.38. The molecular weight excluding hydrogens is 224 g/mol. The fraction of sp³-hybridized carbons (Fsp3) is 0.812. The zero-order chi connectivity index (χ0) is 12.8. The number of allylic oxidation sites excluding steroid dienone is 1. The van der Waals surface area contributed by atoms with Crippen LogP contribution in [-0.4, -0.2) is 12.6 Å². The van der Waals surface area contributed by atoms with Gasteiger partial charge in [0.15, 0.2) is 0 Å². The van der Waals surface area contributed by atoms with E-state index < -0.39 is 0 Å². The minimum absolute atomic E-state index is 0.0930. The van der Waals surface area contributed by atoms with Gasteiger partial charge >= 0.3 is 5.97 Å². The van der Waals surface area contributed by atoms with Crippen LogP contribution in [0.5, 0.6) is 0 Å². The highest BCUT2D eigenvalue weighted by Gasteiger charge is 2.55. The number of hydrogen-bond acceptors (Lipinski definition) is 2. The summed E-state index contributed by atoms with van der Waals surface area (Å²) < 4.78 is 5.52. The van der Waals surface area contributed by atoms with E-state index in [0.717, 1.165) is 37.0 Å². The molecule has 0 unspecified atom stereocenters. The lowest BCUT2D eigenvalue weighted by molar-refractivity contribution is -0.170. The van der Waals surface area contributed by atoms with Crippen molar-refractivity contribution in [3.63, 3.8) is 0 Å². The molecule has 0 radical (unpaired) electrons. The Morgan fingerprint density at radius 3 is 2.06 bits per heavy atom. The molecule has 4 aliphatic rings. The van der Waals surface area contributed by atoms with Crippen molar-refractivity contribution in [2.75, 3.05) is 6.61 Å². The normalized spacial score (nSPS) is 40.7. The second-order valence-electron chi connectivity index (χ2n) is 7.08. The van der Waals surface area contributed by atoms with Crippen LogP contribution in [0.3, 0.4) is 0 Å². The molecule has 0 heterocycles. The Balaban J connectivity index is 1.67. The van der Waals surface area contributed by atoms with Crippen LogP contribution < -0.4 is 0 Å². The van der Waals surface area contributed by atoms with E-state index in [4.69, 9.17) is 4.74 Å². The fourth-order valence-electron chi connectivity index (χ4n) is 4.80. The van der Waals surface area contributed by atoms with Crippen molar-refractivity contribution in [2.24, 2.45) is 23.2 Å². The molecule has 100 valence electrons. The summed E-state index contributed by atoms with van der Waals surface area (Å²) in [5, 5.41) is 0. The average molecular weight is 248 g/mol. The van der Waals surface area contributed by atoms with Crippen molar-refractivity contribution < 1.29 is 9.53 Å². The van der Waals surface area contributed by atoms with Crippen molar-refractivity contribution in [3.05, 3.63) is 11.6 Å². The summed E-state index contributed by atoms with van der Waals surface area (Å²) in [4.78, 5) is 12.4. The van der Waals surface area contributed by atoms with Gasteiger partial charge in [-0.25, -0.2) is 0 Å². The standard InChI is InChI=1S/C16H24O2/c1-11(2)3-4-18-15(17)16-8-12-5-13(9-16)7-14(6-12)10-16/h3,12-14H,4-10H2,1-2H3. The number of carbonyl (C=O) groups excluding carboxylic acids is 1. The summed E-state index contributed by atoms with van der Waals surface area (Å²) in [6.07, 6.45) is 9.44. The Morgan fingerprint density at radius 2 is 1.61 bits per heavy atom. The van der Waals surface area contributed by atoms with Crippen LogP contribution in [0.15, 0.2) is 11.6 Å². The first-order chi connectivity index (χ1) is 8.57. The van der Waals surface area contributed by atoms with Gasteiger partial charge in [0.2, 0.25) is 0 Å². The smallest absolute Gasteiger partial charge is 0.312 e. The van der Waals surface area contributed by atoms with E-state index in [0.29, 0.717) is 6.61 Å². The van der Waals surface area contributed by atoms with E-state index in [9.17, 15) is 4.79 Å². The van der Waals surface area contributed by atoms with E-state index >= 15 is 0 Å². The summed E-state index contributed by atoms with van der Waals surface area (Å²) in [5.74, 6) is 2.53. The molecule has 18 heavy (non-hydrogen) atoms. The Hall–Kier alpha value is -0.790. The summed E-state index contributed by atoms with van der Waals surface area (Å²) in [6.45, 7) is 4.54. The van der Waals surface area contributed by atoms with Crippen LogP contribution in [0.25, 0.3) is 0 Å². The number of esters is 1. The third-order valence-electron chi connectivity index (χ3n) is 5.18. The maximum Gasteiger partial charge on any atom is 0.312 e. The molecule has 2 nitrogen and oxygen atoms in total. The Bertz CT molecular complexity index is 341. The predicted molar refractivity (Wildman–Crippen MR) is 71.0 cm³/mol. The summed E-state index contributed by atoms with van der Waals surface area (Å²) in [7, 11) is 0. The predicted octanol–water partition coefficient (Wildman–Crippen LogP) is 3.71. The molecule has 4 bridgehead atoms. The molecule has 0 aromatic rings. The maximum atomic E-state index is 12.4. The zero-order valence-corrected chi connectivity index (χ0v) is 11.6. The SMILES string of the molecule is CC(C)=CCOC(=O)C12CC3CC(CC(C3)C1)C2. The molecule has 0 aromatic heterocycles. The lowest BCUT2D eigenvalue weighted by Gasteiger charge is -2.55. The van der Waals surface area contributed by atoms with Crippen molar-refractivity contribution >= 4 is 5.97 Å². The van der Waals surface area contributed by atoms with Gasteiger partial charge < -0.3 is 4.74 Å². The number of carbonyl (C=O) groups is 1. The van der Waals surface area contributed by atoms with E-state index in [1.165, 1.54) is 24.8 Å². The van der Waals surface area contributed by atoms with Crippen LogP contribution in [-0.2, 0) is 9.53 Å². The van der Waals surface area contributed by atoms with Gasteiger partial charge in [0.05, 0.1) is 5.41 Å². The van der Waals surface area contributed by atoms with Crippen LogP contribution >= 0.6 is 0 Å². The molecule has 0 amide bonds. The average Bonchev–Trinajstić information content (AvgIpc) is 2.26. The fourth-order valence-corrected chi connectivity index (χ4v) is 4.80. The first kappa shape index (κ1) is 12.3. The van der Waals surface area contributed by atoms with Gasteiger partial charge in [-0.1, -0.05) is 5.57 Å². The first-order valence-electron chi connectivity index (χ1n) is 7.38. The van der Waals surface area contributed by atoms with Crippen molar-refractivity contribution in [1.29, 1.82) is 0 Å². The highest BCUT2D eigenvalue weighted by atomic mass is 16.5. The molecule has 2 heteroatoms. The van der Waals surface area contributed by atoms with Crippen LogP contribution in [0.1, 0.15) is 52.4 Å². The van der Waals surface area contributed by atoms with Gasteiger partial charge in [0, 0.05) is 0 Å². The minimum atomic E-state index is -0.0930. The molecule has 0 spiro atoms. The quantitative estimate of drug-likeness (QED) is 0.562. The van der Waals surface area contributed by atoms with Crippen molar-refractivity contribution in [2.45, 2.75) is 52.4 Å². The molecule has 4 rings (SSSR count). The third kappa shape index (κ3) is 2.10. The second-order valence-corrected chi connectivity index (χ2v) is 7.08. The molecule has 0 saturated heterocycles. The lowest BCUT2D eigenvalue weighted by atomic mass is 9.49. The number of rotatable bonds is 3. The second kappa shape index (κ2) is 4.40. The highest BCUT2D eigenvalue weighted by molar-refractivity contribution is 5.77. The van der Waals surface area contributed by atoms with Crippen LogP contribution in [0.4, 0.5) is 0 Å². The van der Waals surface area contributed by atoms with Gasteiger partial charge in [-0.15, -0.1) is 0 Å². The molecular formula is C16H24O2. The largest absolute Gasteiger partial charge is 0.461 e. The monoisotopic (exact) mass is 248 g/mol. The third-order valence-corrected chi connectivity index (χ3v) is 5.18. The van der Waals surface area contributed by atoms with Gasteiger partial charge in [-0.2, -0.15) is 0 Å².